The van der Waals surface area contributed by atoms with Crippen molar-refractivity contribution in [2.45, 2.75) is 38.4 Å². The van der Waals surface area contributed by atoms with Gasteiger partial charge >= 0.3 is 0 Å². The van der Waals surface area contributed by atoms with E-state index in [1.54, 1.807) is 17.0 Å². The second-order valence-electron chi connectivity index (χ2n) is 7.80. The number of carbonyl (C=O) groups is 2. The van der Waals surface area contributed by atoms with Crippen molar-refractivity contribution < 1.29 is 9.59 Å². The quantitative estimate of drug-likeness (QED) is 0.623. The summed E-state index contributed by atoms with van der Waals surface area (Å²) in [5, 5.41) is 10.3. The zero-order valence-electron chi connectivity index (χ0n) is 17.0. The summed E-state index contributed by atoms with van der Waals surface area (Å²) in [6.45, 7) is 5.92. The van der Waals surface area contributed by atoms with Gasteiger partial charge in [-0.05, 0) is 37.0 Å². The molecule has 162 valence electrons. The van der Waals surface area contributed by atoms with E-state index in [9.17, 15) is 9.59 Å². The summed E-state index contributed by atoms with van der Waals surface area (Å²) in [7, 11) is 0. The Hall–Kier alpha value is -1.77. The number of primary amides is 1. The molecule has 2 heterocycles. The van der Waals surface area contributed by atoms with Crippen molar-refractivity contribution >= 4 is 46.8 Å². The molecular formula is C20H25Cl2N5O2S. The number of hydrogen-bond acceptors (Lipinski definition) is 5. The third kappa shape index (κ3) is 5.47. The maximum absolute atomic E-state index is 12.7. The Morgan fingerprint density at radius 3 is 2.73 bits per heavy atom. The number of hydrogen-bond donors (Lipinski definition) is 1. The Balaban J connectivity index is 1.76. The van der Waals surface area contributed by atoms with Gasteiger partial charge in [-0.3, -0.25) is 9.59 Å². The van der Waals surface area contributed by atoms with E-state index in [1.807, 2.05) is 10.6 Å². The zero-order chi connectivity index (χ0) is 21.8. The van der Waals surface area contributed by atoms with Crippen LogP contribution < -0.4 is 5.73 Å². The van der Waals surface area contributed by atoms with Gasteiger partial charge in [0.1, 0.15) is 0 Å². The number of benzene rings is 1. The molecule has 2 amide bonds. The minimum Gasteiger partial charge on any atom is -0.369 e. The van der Waals surface area contributed by atoms with Crippen molar-refractivity contribution in [1.82, 2.24) is 19.7 Å². The van der Waals surface area contributed by atoms with Gasteiger partial charge in [-0.25, -0.2) is 0 Å². The molecule has 0 radical (unpaired) electrons. The summed E-state index contributed by atoms with van der Waals surface area (Å²) in [5.41, 5.74) is 6.16. The number of carbonyl (C=O) groups excluding carboxylic acids is 2. The third-order valence-corrected chi connectivity index (χ3v) is 6.44. The molecule has 1 aromatic carbocycles. The smallest absolute Gasteiger partial charge is 0.233 e. The fourth-order valence-electron chi connectivity index (χ4n) is 3.45. The first kappa shape index (κ1) is 22.9. The van der Waals surface area contributed by atoms with Crippen molar-refractivity contribution in [3.05, 3.63) is 28.2 Å². The summed E-state index contributed by atoms with van der Waals surface area (Å²) >= 11 is 13.7. The zero-order valence-corrected chi connectivity index (χ0v) is 19.3. The van der Waals surface area contributed by atoms with Crippen LogP contribution in [-0.2, 0) is 16.1 Å². The highest BCUT2D eigenvalue weighted by Crippen LogP contribution is 2.32. The second-order valence-corrected chi connectivity index (χ2v) is 9.59. The second kappa shape index (κ2) is 10.0. The molecule has 1 aromatic heterocycles. The van der Waals surface area contributed by atoms with Gasteiger partial charge < -0.3 is 15.2 Å². The average Bonchev–Trinajstić information content (AvgIpc) is 3.07. The normalized spacial score (nSPS) is 16.8. The maximum atomic E-state index is 12.7. The molecule has 1 atom stereocenters. The Bertz CT molecular complexity index is 934. The van der Waals surface area contributed by atoms with Gasteiger partial charge in [0.15, 0.2) is 11.0 Å². The van der Waals surface area contributed by atoms with Gasteiger partial charge in [0.25, 0.3) is 0 Å². The minimum atomic E-state index is -0.346. The van der Waals surface area contributed by atoms with Gasteiger partial charge in [0, 0.05) is 30.2 Å². The van der Waals surface area contributed by atoms with Crippen LogP contribution in [0.3, 0.4) is 0 Å². The first-order chi connectivity index (χ1) is 14.3. The van der Waals surface area contributed by atoms with Crippen LogP contribution in [0.25, 0.3) is 11.4 Å². The molecule has 0 spiro atoms. The number of piperidine rings is 1. The predicted octanol–water partition coefficient (Wildman–Crippen LogP) is 3.72. The van der Waals surface area contributed by atoms with Crippen molar-refractivity contribution in [2.24, 2.45) is 17.6 Å². The summed E-state index contributed by atoms with van der Waals surface area (Å²) in [6, 6.07) is 5.26. The number of nitrogens with zero attached hydrogens (tertiary/aromatic N) is 4. The molecule has 1 aliphatic rings. The van der Waals surface area contributed by atoms with Crippen LogP contribution in [0.4, 0.5) is 0 Å². The van der Waals surface area contributed by atoms with E-state index in [2.05, 4.69) is 24.0 Å². The number of aromatic nitrogens is 3. The number of halogens is 2. The fourth-order valence-corrected chi connectivity index (χ4v) is 4.79. The van der Waals surface area contributed by atoms with Crippen molar-refractivity contribution in [2.75, 3.05) is 18.8 Å². The standard InChI is InChI=1S/C20H25Cl2N5O2S/c1-12(2)9-27-19(15-6-5-14(21)8-16(15)22)24-25-20(27)30-11-17(28)26-7-3-4-13(10-26)18(23)29/h5-6,8,12-13H,3-4,7,9-11H2,1-2H3,(H2,23,29). The highest BCUT2D eigenvalue weighted by molar-refractivity contribution is 7.99. The topological polar surface area (TPSA) is 94.1 Å². The molecule has 7 nitrogen and oxygen atoms in total. The van der Waals surface area contributed by atoms with Crippen LogP contribution >= 0.6 is 35.0 Å². The molecule has 10 heteroatoms. The summed E-state index contributed by atoms with van der Waals surface area (Å²) in [4.78, 5) is 25.9. The average molecular weight is 470 g/mol. The van der Waals surface area contributed by atoms with Crippen LogP contribution in [-0.4, -0.2) is 50.3 Å². The van der Waals surface area contributed by atoms with Gasteiger partial charge in [0.05, 0.1) is 16.7 Å². The van der Waals surface area contributed by atoms with E-state index in [0.717, 1.165) is 18.4 Å². The first-order valence-electron chi connectivity index (χ1n) is 9.84. The Kier molecular flexibility index (Phi) is 7.65. The van der Waals surface area contributed by atoms with E-state index in [1.165, 1.54) is 11.8 Å². The van der Waals surface area contributed by atoms with E-state index in [4.69, 9.17) is 28.9 Å². The molecule has 0 bridgehead atoms. The number of amides is 2. The van der Waals surface area contributed by atoms with Crippen molar-refractivity contribution in [3.8, 4) is 11.4 Å². The maximum Gasteiger partial charge on any atom is 0.233 e. The minimum absolute atomic E-state index is 0.0314. The monoisotopic (exact) mass is 469 g/mol. The highest BCUT2D eigenvalue weighted by atomic mass is 35.5. The molecule has 0 aliphatic carbocycles. The van der Waals surface area contributed by atoms with Crippen molar-refractivity contribution in [1.29, 1.82) is 0 Å². The summed E-state index contributed by atoms with van der Waals surface area (Å²) < 4.78 is 1.99. The van der Waals surface area contributed by atoms with Gasteiger partial charge in [-0.15, -0.1) is 10.2 Å². The SMILES string of the molecule is CC(C)Cn1c(SCC(=O)N2CCCC(C(N)=O)C2)nnc1-c1ccc(Cl)cc1Cl. The lowest BCUT2D eigenvalue weighted by molar-refractivity contribution is -0.132. The first-order valence-corrected chi connectivity index (χ1v) is 11.6. The molecule has 1 saturated heterocycles. The van der Waals surface area contributed by atoms with Crippen LogP contribution in [0.2, 0.25) is 10.0 Å². The largest absolute Gasteiger partial charge is 0.369 e. The van der Waals surface area contributed by atoms with Crippen LogP contribution in [0.1, 0.15) is 26.7 Å². The van der Waals surface area contributed by atoms with Crippen LogP contribution in [0, 0.1) is 11.8 Å². The number of rotatable bonds is 7. The lowest BCUT2D eigenvalue weighted by Crippen LogP contribution is -2.44. The highest BCUT2D eigenvalue weighted by Gasteiger charge is 2.27. The molecule has 2 aromatic rings. The Morgan fingerprint density at radius 1 is 1.30 bits per heavy atom. The molecule has 0 saturated carbocycles. The predicted molar refractivity (Wildman–Crippen MR) is 120 cm³/mol. The van der Waals surface area contributed by atoms with Gasteiger partial charge in [-0.1, -0.05) is 48.8 Å². The van der Waals surface area contributed by atoms with E-state index >= 15 is 0 Å². The summed E-state index contributed by atoms with van der Waals surface area (Å²) in [6.07, 6.45) is 1.52. The molecule has 2 N–H and O–H groups in total. The Morgan fingerprint density at radius 2 is 2.07 bits per heavy atom. The molecule has 1 aliphatic heterocycles. The number of thioether (sulfide) groups is 1. The van der Waals surface area contributed by atoms with Crippen LogP contribution in [0.15, 0.2) is 23.4 Å². The number of nitrogens with two attached hydrogens (primary N) is 1. The molecule has 30 heavy (non-hydrogen) atoms. The third-order valence-electron chi connectivity index (χ3n) is 4.94. The molecule has 1 fully saturated rings. The number of likely N-dealkylation sites (tertiary alicyclic amines) is 1. The lowest BCUT2D eigenvalue weighted by Gasteiger charge is -2.31. The molecule has 1 unspecified atom stereocenters. The summed E-state index contributed by atoms with van der Waals surface area (Å²) in [5.74, 6) is 0.565. The van der Waals surface area contributed by atoms with Gasteiger partial charge in [0.2, 0.25) is 11.8 Å². The Labute approximate surface area is 190 Å². The van der Waals surface area contributed by atoms with E-state index < -0.39 is 0 Å². The molecular weight excluding hydrogens is 445 g/mol. The fraction of sp³-hybridized carbons (Fsp3) is 0.500. The van der Waals surface area contributed by atoms with E-state index in [0.29, 0.717) is 46.6 Å². The lowest BCUT2D eigenvalue weighted by atomic mass is 9.97. The van der Waals surface area contributed by atoms with Gasteiger partial charge in [-0.2, -0.15) is 0 Å². The van der Waals surface area contributed by atoms with Crippen LogP contribution in [0.5, 0.6) is 0 Å². The van der Waals surface area contributed by atoms with E-state index in [-0.39, 0.29) is 23.5 Å². The molecule has 3 rings (SSSR count). The van der Waals surface area contributed by atoms with Crippen molar-refractivity contribution in [3.63, 3.8) is 0 Å².